The highest BCUT2D eigenvalue weighted by molar-refractivity contribution is 5.85. The van der Waals surface area contributed by atoms with Crippen LogP contribution in [0.5, 0.6) is 0 Å². The molecule has 0 aromatic heterocycles. The van der Waals surface area contributed by atoms with Gasteiger partial charge in [-0.15, -0.1) is 0 Å². The van der Waals surface area contributed by atoms with E-state index in [1.807, 2.05) is 0 Å². The fourth-order valence-electron chi connectivity index (χ4n) is 0. The van der Waals surface area contributed by atoms with Crippen molar-refractivity contribution in [2.75, 3.05) is 0 Å². The lowest BCUT2D eigenvalue weighted by Crippen LogP contribution is -2.24. The Bertz CT molecular complexity index is 251. The minimum absolute atomic E-state index is 0.0625. The third-order valence-electron chi connectivity index (χ3n) is 1.20. The topological polar surface area (TPSA) is 135 Å². The molecule has 0 saturated heterocycles. The Balaban J connectivity index is -0.000000187. The lowest BCUT2D eigenvalue weighted by molar-refractivity contribution is -0.312. The van der Waals surface area contributed by atoms with Crippen LogP contribution in [0, 0.1) is 0 Å². The average Bonchev–Trinajstić information content (AvgIpc) is 2.18. The van der Waals surface area contributed by atoms with Gasteiger partial charge in [0.05, 0.1) is 0 Å². The summed E-state index contributed by atoms with van der Waals surface area (Å²) in [5, 5.41) is 39.6. The quantitative estimate of drug-likeness (QED) is 0.366. The summed E-state index contributed by atoms with van der Waals surface area (Å²) < 4.78 is 0. The Labute approximate surface area is 105 Å². The van der Waals surface area contributed by atoms with Crippen LogP contribution in [0.3, 0.4) is 0 Å². The van der Waals surface area contributed by atoms with E-state index < -0.39 is 17.9 Å². The molecule has 0 spiro atoms. The van der Waals surface area contributed by atoms with Gasteiger partial charge >= 0.3 is 11.9 Å². The summed E-state index contributed by atoms with van der Waals surface area (Å²) in [7, 11) is 0. The molecule has 0 bridgehead atoms. The highest BCUT2D eigenvalue weighted by Gasteiger charge is 2.11. The van der Waals surface area contributed by atoms with Gasteiger partial charge in [0.15, 0.2) is 0 Å². The molecule has 18 heavy (non-hydrogen) atoms. The van der Waals surface area contributed by atoms with Crippen LogP contribution in [0.15, 0.2) is 24.3 Å². The molecule has 0 unspecified atom stereocenters. The predicted octanol–water partition coefficient (Wildman–Crippen LogP) is 0.321. The normalized spacial score (nSPS) is 9.00. The second-order valence-corrected chi connectivity index (χ2v) is 3.30. The highest BCUT2D eigenvalue weighted by Crippen LogP contribution is 1.95. The van der Waals surface area contributed by atoms with Crippen molar-refractivity contribution >= 4 is 11.9 Å². The molecule has 0 saturated carbocycles. The molecule has 7 heteroatoms. The molecule has 0 aliphatic carbocycles. The van der Waals surface area contributed by atoms with Gasteiger partial charge in [-0.05, 0) is 13.8 Å². The van der Waals surface area contributed by atoms with Gasteiger partial charge in [0.2, 0.25) is 0 Å². The molecule has 0 aliphatic heterocycles. The number of carboxylic acids is 2. The number of aliphatic carboxylic acids is 2. The maximum Gasteiger partial charge on any atom is 0.330 e. The van der Waals surface area contributed by atoms with E-state index in [9.17, 15) is 9.59 Å². The zero-order valence-corrected chi connectivity index (χ0v) is 10.7. The largest absolute Gasteiger partial charge is 0.478 e. The van der Waals surface area contributed by atoms with Crippen LogP contribution < -0.4 is 0 Å². The molecule has 0 aromatic carbocycles. The Kier molecular flexibility index (Phi) is 12.5. The summed E-state index contributed by atoms with van der Waals surface area (Å²) in [5.41, 5.74) is 0.352. The number of rotatable bonds is 3. The molecule has 0 amide bonds. The van der Waals surface area contributed by atoms with E-state index in [0.29, 0.717) is 0 Å². The smallest absolute Gasteiger partial charge is 0.330 e. The van der Waals surface area contributed by atoms with Crippen molar-refractivity contribution in [1.82, 2.24) is 0 Å². The molecule has 0 rings (SSSR count). The maximum atomic E-state index is 9.60. The predicted molar refractivity (Wildman–Crippen MR) is 64.6 cm³/mol. The monoisotopic (exact) mass is 264 g/mol. The molecule has 0 aliphatic rings. The van der Waals surface area contributed by atoms with E-state index in [0.717, 1.165) is 0 Å². The first kappa shape index (κ1) is 21.6. The molecular weight excluding hydrogens is 244 g/mol. The highest BCUT2D eigenvalue weighted by atomic mass is 16.7. The number of carboxylic acid groups (broad SMARTS) is 2. The van der Waals surface area contributed by atoms with Gasteiger partial charge in [0, 0.05) is 17.6 Å². The second-order valence-electron chi connectivity index (χ2n) is 3.30. The first-order valence-electron chi connectivity index (χ1n) is 4.79. The molecule has 0 heterocycles. The maximum absolute atomic E-state index is 9.60. The fourth-order valence-corrected chi connectivity index (χ4v) is 0. The lowest BCUT2D eigenvalue weighted by Gasteiger charge is -2.08. The van der Waals surface area contributed by atoms with Crippen LogP contribution >= 0.6 is 0 Å². The van der Waals surface area contributed by atoms with Crippen LogP contribution in [-0.2, 0) is 9.59 Å². The summed E-state index contributed by atoms with van der Waals surface area (Å²) >= 11 is 0. The SMILES string of the molecule is C=C(C)C(=O)O.C=C(C)C(=O)O.CCC(O)(O)O. The minimum atomic E-state index is -2.46. The van der Waals surface area contributed by atoms with Crippen LogP contribution in [-0.4, -0.2) is 43.4 Å². The third-order valence-corrected chi connectivity index (χ3v) is 1.20. The first-order valence-corrected chi connectivity index (χ1v) is 4.79. The number of hydrogen-bond donors (Lipinski definition) is 5. The van der Waals surface area contributed by atoms with Crippen molar-refractivity contribution in [3.63, 3.8) is 0 Å². The van der Waals surface area contributed by atoms with E-state index in [1.165, 1.54) is 20.8 Å². The number of carbonyl (C=O) groups is 2. The standard InChI is InChI=1S/2C4H6O2.C3H8O3/c2*1-3(2)4(5)6;1-2-3(4,5)6/h2*1H2,2H3,(H,5,6);4-6H,2H2,1H3. The van der Waals surface area contributed by atoms with Crippen LogP contribution in [0.2, 0.25) is 0 Å². The molecular formula is C11H20O7. The molecule has 0 radical (unpaired) electrons. The summed E-state index contributed by atoms with van der Waals surface area (Å²) in [6, 6.07) is 0. The van der Waals surface area contributed by atoms with Gasteiger partial charge < -0.3 is 25.5 Å². The second kappa shape index (κ2) is 10.5. The summed E-state index contributed by atoms with van der Waals surface area (Å²) in [6.45, 7) is 10.7. The molecule has 106 valence electrons. The molecule has 0 atom stereocenters. The number of hydrogen-bond acceptors (Lipinski definition) is 5. The van der Waals surface area contributed by atoms with Crippen LogP contribution in [0.1, 0.15) is 27.2 Å². The van der Waals surface area contributed by atoms with E-state index in [-0.39, 0.29) is 17.6 Å². The zero-order chi connectivity index (χ0) is 15.5. The van der Waals surface area contributed by atoms with Crippen molar-refractivity contribution in [2.24, 2.45) is 0 Å². The van der Waals surface area contributed by atoms with Crippen LogP contribution in [0.4, 0.5) is 0 Å². The zero-order valence-electron chi connectivity index (χ0n) is 10.7. The average molecular weight is 264 g/mol. The Morgan fingerprint density at radius 1 is 0.944 bits per heavy atom. The van der Waals surface area contributed by atoms with Gasteiger partial charge in [-0.2, -0.15) is 0 Å². The molecule has 0 fully saturated rings. The Morgan fingerprint density at radius 3 is 1.06 bits per heavy atom. The summed E-state index contributed by atoms with van der Waals surface area (Å²) in [5.74, 6) is -4.33. The first-order chi connectivity index (χ1) is 7.85. The van der Waals surface area contributed by atoms with Gasteiger partial charge in [-0.3, -0.25) is 0 Å². The van der Waals surface area contributed by atoms with E-state index in [4.69, 9.17) is 25.5 Å². The van der Waals surface area contributed by atoms with E-state index >= 15 is 0 Å². The van der Waals surface area contributed by atoms with Gasteiger partial charge in [0.1, 0.15) is 0 Å². The Hall–Kier alpha value is -1.70. The van der Waals surface area contributed by atoms with Crippen molar-refractivity contribution < 1.29 is 35.1 Å². The van der Waals surface area contributed by atoms with Crippen molar-refractivity contribution in [3.05, 3.63) is 24.3 Å². The van der Waals surface area contributed by atoms with Gasteiger partial charge in [0.25, 0.3) is 5.97 Å². The Morgan fingerprint density at radius 2 is 1.06 bits per heavy atom. The minimum Gasteiger partial charge on any atom is -0.478 e. The van der Waals surface area contributed by atoms with Crippen molar-refractivity contribution in [2.45, 2.75) is 33.2 Å². The molecule has 0 aromatic rings. The van der Waals surface area contributed by atoms with E-state index in [1.54, 1.807) is 0 Å². The molecule has 5 N–H and O–H groups in total. The van der Waals surface area contributed by atoms with Crippen molar-refractivity contribution in [3.8, 4) is 0 Å². The van der Waals surface area contributed by atoms with Gasteiger partial charge in [-0.1, -0.05) is 20.1 Å². The number of aliphatic hydroxyl groups is 3. The third kappa shape index (κ3) is 29.2. The van der Waals surface area contributed by atoms with Gasteiger partial charge in [-0.25, -0.2) is 9.59 Å². The van der Waals surface area contributed by atoms with E-state index in [2.05, 4.69) is 13.2 Å². The summed E-state index contributed by atoms with van der Waals surface area (Å²) in [6.07, 6.45) is -0.0625. The summed E-state index contributed by atoms with van der Waals surface area (Å²) in [4.78, 5) is 19.2. The molecule has 7 nitrogen and oxygen atoms in total. The fraction of sp³-hybridized carbons (Fsp3) is 0.455. The van der Waals surface area contributed by atoms with Crippen molar-refractivity contribution in [1.29, 1.82) is 0 Å². The lowest BCUT2D eigenvalue weighted by atomic mass is 10.4. The van der Waals surface area contributed by atoms with Crippen LogP contribution in [0.25, 0.3) is 0 Å².